The Morgan fingerprint density at radius 1 is 1.27 bits per heavy atom. The van der Waals surface area contributed by atoms with Crippen LogP contribution in [0.15, 0.2) is 24.3 Å². The lowest BCUT2D eigenvalue weighted by Gasteiger charge is -2.25. The molecule has 82 valence electrons. The normalized spacial score (nSPS) is 21.9. The Morgan fingerprint density at radius 3 is 2.53 bits per heavy atom. The lowest BCUT2D eigenvalue weighted by atomic mass is 9.95. The van der Waals surface area contributed by atoms with Crippen molar-refractivity contribution in [1.29, 1.82) is 0 Å². The minimum absolute atomic E-state index is 0.231. The number of para-hydroxylation sites is 1. The SMILES string of the molecule is CC(N)C1CN(C(C)C)c2ccccc21. The van der Waals surface area contributed by atoms with E-state index in [0.717, 1.165) is 6.54 Å². The summed E-state index contributed by atoms with van der Waals surface area (Å²) in [5, 5.41) is 0. The van der Waals surface area contributed by atoms with Crippen LogP contribution >= 0.6 is 0 Å². The van der Waals surface area contributed by atoms with Crippen LogP contribution in [0.4, 0.5) is 5.69 Å². The number of fused-ring (bicyclic) bond motifs is 1. The van der Waals surface area contributed by atoms with Gasteiger partial charge in [-0.3, -0.25) is 0 Å². The molecule has 0 bridgehead atoms. The van der Waals surface area contributed by atoms with E-state index in [2.05, 4.69) is 49.9 Å². The summed E-state index contributed by atoms with van der Waals surface area (Å²) in [6.07, 6.45) is 0. The van der Waals surface area contributed by atoms with Gasteiger partial charge >= 0.3 is 0 Å². The molecule has 2 rings (SSSR count). The molecule has 0 amide bonds. The summed E-state index contributed by atoms with van der Waals surface area (Å²) in [4.78, 5) is 2.45. The molecule has 0 saturated carbocycles. The Balaban J connectivity index is 2.39. The molecular weight excluding hydrogens is 184 g/mol. The first kappa shape index (κ1) is 10.5. The highest BCUT2D eigenvalue weighted by Gasteiger charge is 2.31. The highest BCUT2D eigenvalue weighted by molar-refractivity contribution is 5.61. The number of benzene rings is 1. The van der Waals surface area contributed by atoms with E-state index in [1.165, 1.54) is 11.3 Å². The average molecular weight is 204 g/mol. The van der Waals surface area contributed by atoms with Crippen LogP contribution in [0.3, 0.4) is 0 Å². The molecule has 0 spiro atoms. The summed E-state index contributed by atoms with van der Waals surface area (Å²) in [6, 6.07) is 9.42. The van der Waals surface area contributed by atoms with Gasteiger partial charge in [-0.05, 0) is 32.4 Å². The number of nitrogens with two attached hydrogens (primary N) is 1. The van der Waals surface area contributed by atoms with Crippen molar-refractivity contribution in [3.8, 4) is 0 Å². The molecule has 1 aliphatic heterocycles. The van der Waals surface area contributed by atoms with Gasteiger partial charge < -0.3 is 10.6 Å². The number of nitrogens with zero attached hydrogens (tertiary/aromatic N) is 1. The van der Waals surface area contributed by atoms with Gasteiger partial charge in [0.05, 0.1) is 0 Å². The number of anilines is 1. The predicted molar refractivity (Wildman–Crippen MR) is 65.3 cm³/mol. The first-order valence-electron chi connectivity index (χ1n) is 5.72. The maximum absolute atomic E-state index is 6.05. The topological polar surface area (TPSA) is 29.3 Å². The molecular formula is C13H20N2. The van der Waals surface area contributed by atoms with Gasteiger partial charge in [-0.1, -0.05) is 18.2 Å². The van der Waals surface area contributed by atoms with E-state index in [-0.39, 0.29) is 6.04 Å². The molecule has 2 N–H and O–H groups in total. The summed E-state index contributed by atoms with van der Waals surface area (Å²) in [5.41, 5.74) is 8.84. The van der Waals surface area contributed by atoms with Gasteiger partial charge in [-0.2, -0.15) is 0 Å². The highest BCUT2D eigenvalue weighted by Crippen LogP contribution is 2.38. The summed E-state index contributed by atoms with van der Waals surface area (Å²) in [7, 11) is 0. The predicted octanol–water partition coefficient (Wildman–Crippen LogP) is 2.35. The largest absolute Gasteiger partial charge is 0.368 e. The Hall–Kier alpha value is -1.02. The van der Waals surface area contributed by atoms with Crippen LogP contribution < -0.4 is 10.6 Å². The van der Waals surface area contributed by atoms with Crippen LogP contribution in [-0.4, -0.2) is 18.6 Å². The lowest BCUT2D eigenvalue weighted by molar-refractivity contribution is 0.565. The Morgan fingerprint density at radius 2 is 1.93 bits per heavy atom. The first-order valence-corrected chi connectivity index (χ1v) is 5.72. The van der Waals surface area contributed by atoms with Crippen molar-refractivity contribution in [2.75, 3.05) is 11.4 Å². The number of hydrogen-bond donors (Lipinski definition) is 1. The first-order chi connectivity index (χ1) is 7.11. The third-order valence-electron chi connectivity index (χ3n) is 3.30. The minimum atomic E-state index is 0.231. The standard InChI is InChI=1S/C13H20N2/c1-9(2)15-8-12(10(3)14)11-6-4-5-7-13(11)15/h4-7,9-10,12H,8,14H2,1-3H3. The number of hydrogen-bond acceptors (Lipinski definition) is 2. The third kappa shape index (κ3) is 1.74. The lowest BCUT2D eigenvalue weighted by Crippen LogP contribution is -2.33. The van der Waals surface area contributed by atoms with Crippen LogP contribution in [0, 0.1) is 0 Å². The Kier molecular flexibility index (Phi) is 2.70. The average Bonchev–Trinajstić information content (AvgIpc) is 2.56. The molecule has 1 aromatic rings. The molecule has 0 aliphatic carbocycles. The smallest absolute Gasteiger partial charge is 0.0405 e. The van der Waals surface area contributed by atoms with Crippen LogP contribution in [0.1, 0.15) is 32.3 Å². The second-order valence-corrected chi connectivity index (χ2v) is 4.77. The maximum atomic E-state index is 6.05. The molecule has 0 saturated heterocycles. The zero-order chi connectivity index (χ0) is 11.0. The molecule has 15 heavy (non-hydrogen) atoms. The molecule has 2 heteroatoms. The van der Waals surface area contributed by atoms with Gasteiger partial charge in [-0.25, -0.2) is 0 Å². The van der Waals surface area contributed by atoms with Crippen molar-refractivity contribution in [2.45, 2.75) is 38.8 Å². The van der Waals surface area contributed by atoms with Crippen molar-refractivity contribution in [1.82, 2.24) is 0 Å². The second kappa shape index (κ2) is 3.86. The van der Waals surface area contributed by atoms with Crippen LogP contribution in [-0.2, 0) is 0 Å². The zero-order valence-corrected chi connectivity index (χ0v) is 9.77. The van der Waals surface area contributed by atoms with E-state index in [9.17, 15) is 0 Å². The zero-order valence-electron chi connectivity index (χ0n) is 9.77. The van der Waals surface area contributed by atoms with Gasteiger partial charge in [-0.15, -0.1) is 0 Å². The molecule has 2 nitrogen and oxygen atoms in total. The summed E-state index contributed by atoms with van der Waals surface area (Å²) >= 11 is 0. The minimum Gasteiger partial charge on any atom is -0.368 e. The molecule has 0 aromatic heterocycles. The van der Waals surface area contributed by atoms with Gasteiger partial charge in [0.15, 0.2) is 0 Å². The quantitative estimate of drug-likeness (QED) is 0.801. The third-order valence-corrected chi connectivity index (χ3v) is 3.30. The molecule has 1 aromatic carbocycles. The van der Waals surface area contributed by atoms with E-state index < -0.39 is 0 Å². The Labute approximate surface area is 92.1 Å². The van der Waals surface area contributed by atoms with Crippen molar-refractivity contribution in [3.05, 3.63) is 29.8 Å². The number of rotatable bonds is 2. The summed E-state index contributed by atoms with van der Waals surface area (Å²) in [6.45, 7) is 7.64. The molecule has 2 atom stereocenters. The monoisotopic (exact) mass is 204 g/mol. The van der Waals surface area contributed by atoms with Crippen LogP contribution in [0.2, 0.25) is 0 Å². The van der Waals surface area contributed by atoms with E-state index in [0.29, 0.717) is 12.0 Å². The molecule has 2 unspecified atom stereocenters. The fourth-order valence-electron chi connectivity index (χ4n) is 2.41. The Bertz CT molecular complexity index is 311. The molecule has 0 radical (unpaired) electrons. The van der Waals surface area contributed by atoms with Crippen LogP contribution in [0.25, 0.3) is 0 Å². The van der Waals surface area contributed by atoms with Gasteiger partial charge in [0.1, 0.15) is 0 Å². The van der Waals surface area contributed by atoms with Gasteiger partial charge in [0.2, 0.25) is 0 Å². The fraction of sp³-hybridized carbons (Fsp3) is 0.538. The van der Waals surface area contributed by atoms with Crippen molar-refractivity contribution < 1.29 is 0 Å². The van der Waals surface area contributed by atoms with Crippen molar-refractivity contribution in [3.63, 3.8) is 0 Å². The van der Waals surface area contributed by atoms with E-state index in [1.807, 2.05) is 0 Å². The molecule has 0 fully saturated rings. The highest BCUT2D eigenvalue weighted by atomic mass is 15.2. The maximum Gasteiger partial charge on any atom is 0.0405 e. The molecule has 1 aliphatic rings. The summed E-state index contributed by atoms with van der Waals surface area (Å²) < 4.78 is 0. The van der Waals surface area contributed by atoms with Gasteiger partial charge in [0.25, 0.3) is 0 Å². The van der Waals surface area contributed by atoms with Gasteiger partial charge in [0, 0.05) is 30.2 Å². The van der Waals surface area contributed by atoms with Crippen molar-refractivity contribution >= 4 is 5.69 Å². The second-order valence-electron chi connectivity index (χ2n) is 4.77. The fourth-order valence-corrected chi connectivity index (χ4v) is 2.41. The van der Waals surface area contributed by atoms with E-state index in [4.69, 9.17) is 5.73 Å². The summed E-state index contributed by atoms with van der Waals surface area (Å²) in [5.74, 6) is 0.489. The van der Waals surface area contributed by atoms with Crippen molar-refractivity contribution in [2.24, 2.45) is 5.73 Å². The molecule has 1 heterocycles. The van der Waals surface area contributed by atoms with E-state index >= 15 is 0 Å². The van der Waals surface area contributed by atoms with Crippen LogP contribution in [0.5, 0.6) is 0 Å². The van der Waals surface area contributed by atoms with E-state index in [1.54, 1.807) is 0 Å².